The maximum absolute atomic E-state index is 11.3. The van der Waals surface area contributed by atoms with Crippen molar-refractivity contribution in [2.45, 2.75) is 69.5 Å². The van der Waals surface area contributed by atoms with Gasteiger partial charge in [0.15, 0.2) is 0 Å². The summed E-state index contributed by atoms with van der Waals surface area (Å²) in [6, 6.07) is 11.4. The van der Waals surface area contributed by atoms with Crippen molar-refractivity contribution < 1.29 is 19.7 Å². The molecule has 1 aromatic heterocycles. The highest BCUT2D eigenvalue weighted by Gasteiger charge is 2.40. The van der Waals surface area contributed by atoms with Crippen LogP contribution in [-0.4, -0.2) is 32.9 Å². The molecule has 0 saturated heterocycles. The van der Waals surface area contributed by atoms with Crippen molar-refractivity contribution in [1.82, 2.24) is 4.98 Å². The second kappa shape index (κ2) is 7.41. The molecule has 3 aromatic rings. The van der Waals surface area contributed by atoms with E-state index in [1.54, 1.807) is 12.1 Å². The van der Waals surface area contributed by atoms with Crippen molar-refractivity contribution in [1.29, 1.82) is 0 Å². The van der Waals surface area contributed by atoms with Crippen LogP contribution in [0.1, 0.15) is 77.9 Å². The van der Waals surface area contributed by atoms with Gasteiger partial charge in [-0.05, 0) is 86.8 Å². The van der Waals surface area contributed by atoms with Gasteiger partial charge >= 0.3 is 5.97 Å². The van der Waals surface area contributed by atoms with Crippen molar-refractivity contribution in [2.24, 2.45) is 0 Å². The normalized spacial score (nSPS) is 26.2. The molecule has 2 aliphatic rings. The van der Waals surface area contributed by atoms with Crippen molar-refractivity contribution >= 4 is 16.9 Å². The van der Waals surface area contributed by atoms with Crippen LogP contribution in [0.3, 0.4) is 0 Å². The number of carboxylic acid groups (broad SMARTS) is 1. The summed E-state index contributed by atoms with van der Waals surface area (Å²) in [6.07, 6.45) is 6.31. The van der Waals surface area contributed by atoms with E-state index < -0.39 is 11.6 Å². The number of aromatic nitrogens is 1. The molecule has 5 rings (SSSR count). The summed E-state index contributed by atoms with van der Waals surface area (Å²) in [6.45, 7) is 4.02. The number of hydrogen-bond acceptors (Lipinski definition) is 3. The third-order valence-electron chi connectivity index (χ3n) is 6.97. The molecular weight excluding hydrogens is 390 g/mol. The SMILES string of the molecule is Cc1cc(C2CC2)c(O[C@@H]2CC[C@](C)(O)C[C@H]2c2ccc(C(=O)O)cc2)c2cc[nH]c12. The van der Waals surface area contributed by atoms with Crippen LogP contribution in [0.5, 0.6) is 5.75 Å². The number of aromatic carboxylic acids is 1. The second-order valence-corrected chi connectivity index (χ2v) is 9.58. The van der Waals surface area contributed by atoms with Crippen LogP contribution in [-0.2, 0) is 0 Å². The largest absolute Gasteiger partial charge is 0.489 e. The molecule has 0 aliphatic heterocycles. The first-order valence-corrected chi connectivity index (χ1v) is 11.2. The van der Waals surface area contributed by atoms with Gasteiger partial charge in [0.05, 0.1) is 16.7 Å². The maximum Gasteiger partial charge on any atom is 0.335 e. The van der Waals surface area contributed by atoms with Crippen LogP contribution >= 0.6 is 0 Å². The van der Waals surface area contributed by atoms with Crippen LogP contribution in [0, 0.1) is 6.92 Å². The minimum absolute atomic E-state index is 0.00561. The Kier molecular flexibility index (Phi) is 4.82. The predicted octanol–water partition coefficient (Wildman–Crippen LogP) is 5.52. The van der Waals surface area contributed by atoms with Crippen molar-refractivity contribution in [3.05, 3.63) is 64.8 Å². The summed E-state index contributed by atoms with van der Waals surface area (Å²) in [5, 5.41) is 21.2. The average Bonchev–Trinajstić information content (AvgIpc) is 3.46. The fraction of sp³-hybridized carbons (Fsp3) is 0.423. The third-order valence-corrected chi connectivity index (χ3v) is 6.97. The molecule has 5 heteroatoms. The fourth-order valence-corrected chi connectivity index (χ4v) is 5.10. The number of rotatable bonds is 5. The number of aryl methyl sites for hydroxylation is 1. The first-order chi connectivity index (χ1) is 14.8. The molecule has 2 fully saturated rings. The number of aromatic amines is 1. The van der Waals surface area contributed by atoms with Gasteiger partial charge in [0.25, 0.3) is 0 Å². The van der Waals surface area contributed by atoms with Crippen LogP contribution in [0.4, 0.5) is 0 Å². The Morgan fingerprint density at radius 3 is 2.58 bits per heavy atom. The van der Waals surface area contributed by atoms with Crippen LogP contribution in [0.2, 0.25) is 0 Å². The molecule has 0 radical (unpaired) electrons. The van der Waals surface area contributed by atoms with Gasteiger partial charge in [-0.3, -0.25) is 0 Å². The van der Waals surface area contributed by atoms with E-state index in [9.17, 15) is 15.0 Å². The van der Waals surface area contributed by atoms with E-state index in [4.69, 9.17) is 4.74 Å². The zero-order valence-corrected chi connectivity index (χ0v) is 18.0. The smallest absolute Gasteiger partial charge is 0.335 e. The Labute approximate surface area is 182 Å². The first-order valence-electron chi connectivity index (χ1n) is 11.2. The number of carboxylic acids is 1. The van der Waals surface area contributed by atoms with Crippen molar-refractivity contribution in [3.8, 4) is 5.75 Å². The third kappa shape index (κ3) is 3.83. The van der Waals surface area contributed by atoms with Crippen molar-refractivity contribution in [3.63, 3.8) is 0 Å². The summed E-state index contributed by atoms with van der Waals surface area (Å²) in [5.41, 5.74) is 4.17. The minimum atomic E-state index is -0.932. The number of ether oxygens (including phenoxy) is 1. The van der Waals surface area contributed by atoms with E-state index in [-0.39, 0.29) is 17.6 Å². The van der Waals surface area contributed by atoms with Crippen LogP contribution in [0.15, 0.2) is 42.6 Å². The average molecular weight is 420 g/mol. The first kappa shape index (κ1) is 20.1. The Morgan fingerprint density at radius 1 is 1.16 bits per heavy atom. The van der Waals surface area contributed by atoms with E-state index in [2.05, 4.69) is 24.0 Å². The summed E-state index contributed by atoms with van der Waals surface area (Å²) in [5.74, 6) is 0.601. The van der Waals surface area contributed by atoms with E-state index in [1.165, 1.54) is 24.0 Å². The molecule has 2 aromatic carbocycles. The Morgan fingerprint density at radius 2 is 1.90 bits per heavy atom. The molecule has 0 unspecified atom stereocenters. The van der Waals surface area contributed by atoms with E-state index in [0.717, 1.165) is 28.6 Å². The Balaban J connectivity index is 1.53. The predicted molar refractivity (Wildman–Crippen MR) is 120 cm³/mol. The van der Waals surface area contributed by atoms with Gasteiger partial charge in [-0.25, -0.2) is 4.79 Å². The molecular formula is C26H29NO4. The second-order valence-electron chi connectivity index (χ2n) is 9.58. The van der Waals surface area contributed by atoms with Crippen LogP contribution in [0.25, 0.3) is 10.9 Å². The van der Waals surface area contributed by atoms with Crippen LogP contribution < -0.4 is 4.74 Å². The number of nitrogens with one attached hydrogen (secondary N) is 1. The Bertz CT molecular complexity index is 1120. The highest BCUT2D eigenvalue weighted by atomic mass is 16.5. The monoisotopic (exact) mass is 419 g/mol. The lowest BCUT2D eigenvalue weighted by Gasteiger charge is -2.40. The van der Waals surface area contributed by atoms with Gasteiger partial charge in [0, 0.05) is 17.5 Å². The molecule has 162 valence electrons. The van der Waals surface area contributed by atoms with Gasteiger partial charge in [-0.2, -0.15) is 0 Å². The number of carbonyl (C=O) groups is 1. The molecule has 2 saturated carbocycles. The Hall–Kier alpha value is -2.79. The van der Waals surface area contributed by atoms with Gasteiger partial charge in [0.1, 0.15) is 11.9 Å². The van der Waals surface area contributed by atoms with Crippen molar-refractivity contribution in [2.75, 3.05) is 0 Å². The van der Waals surface area contributed by atoms with E-state index in [1.807, 2.05) is 25.3 Å². The minimum Gasteiger partial charge on any atom is -0.489 e. The molecule has 0 amide bonds. The fourth-order valence-electron chi connectivity index (χ4n) is 5.10. The number of hydrogen-bond donors (Lipinski definition) is 3. The topological polar surface area (TPSA) is 82.6 Å². The quantitative estimate of drug-likeness (QED) is 0.509. The molecule has 1 heterocycles. The molecule has 31 heavy (non-hydrogen) atoms. The molecule has 0 spiro atoms. The molecule has 3 N–H and O–H groups in total. The molecule has 0 bridgehead atoms. The van der Waals surface area contributed by atoms with E-state index in [0.29, 0.717) is 18.8 Å². The molecule has 2 aliphatic carbocycles. The maximum atomic E-state index is 11.3. The molecule has 3 atom stereocenters. The summed E-state index contributed by atoms with van der Waals surface area (Å²) in [7, 11) is 0. The lowest BCUT2D eigenvalue weighted by Crippen LogP contribution is -2.40. The highest BCUT2D eigenvalue weighted by molar-refractivity contribution is 5.90. The molecule has 5 nitrogen and oxygen atoms in total. The standard InChI is InChI=1S/C26H29NO4/c1-15-13-20(16-3-4-16)24(19-10-12-27-23(15)19)31-22-9-11-26(2,30)14-21(22)17-5-7-18(8-6-17)25(28)29/h5-8,10,12-13,16,21-22,27,30H,3-4,9,11,14H2,1-2H3,(H,28,29)/t21-,22+,26-/m0/s1. The zero-order valence-electron chi connectivity index (χ0n) is 18.0. The zero-order chi connectivity index (χ0) is 21.8. The number of fused-ring (bicyclic) bond motifs is 1. The highest BCUT2D eigenvalue weighted by Crippen LogP contribution is 2.49. The van der Waals surface area contributed by atoms with Gasteiger partial charge in [-0.1, -0.05) is 18.2 Å². The van der Waals surface area contributed by atoms with Gasteiger partial charge in [-0.15, -0.1) is 0 Å². The number of benzene rings is 2. The summed E-state index contributed by atoms with van der Waals surface area (Å²) in [4.78, 5) is 14.6. The number of aliphatic hydroxyl groups is 1. The van der Waals surface area contributed by atoms with Gasteiger partial charge < -0.3 is 19.9 Å². The lowest BCUT2D eigenvalue weighted by molar-refractivity contribution is -0.0233. The van der Waals surface area contributed by atoms with E-state index >= 15 is 0 Å². The number of H-pyrrole nitrogens is 1. The summed E-state index contributed by atoms with van der Waals surface area (Å²) >= 11 is 0. The lowest BCUT2D eigenvalue weighted by atomic mass is 9.74. The van der Waals surface area contributed by atoms with Gasteiger partial charge in [0.2, 0.25) is 0 Å². The summed E-state index contributed by atoms with van der Waals surface area (Å²) < 4.78 is 6.80.